The molecule has 0 unspecified atom stereocenters. The molecule has 2 aromatic heterocycles. The van der Waals surface area contributed by atoms with Crippen LogP contribution in [0.25, 0.3) is 11.1 Å². The third-order valence-electron chi connectivity index (χ3n) is 2.97. The minimum atomic E-state index is -0.659. The van der Waals surface area contributed by atoms with Crippen LogP contribution >= 0.6 is 0 Å². The standard InChI is InChI=1S/C16H11F2N3/c17-13-4-1-5-14(18)16(13)21-15-7-6-12(10-20-15)11-3-2-8-19-9-11/h1-10H,(H,20,21). The maximum Gasteiger partial charge on any atom is 0.149 e. The lowest BCUT2D eigenvalue weighted by Gasteiger charge is -2.08. The summed E-state index contributed by atoms with van der Waals surface area (Å²) in [6, 6.07) is 10.9. The molecule has 2 heterocycles. The number of nitrogens with one attached hydrogen (secondary N) is 1. The van der Waals surface area contributed by atoms with Gasteiger partial charge in [-0.3, -0.25) is 4.98 Å². The van der Waals surface area contributed by atoms with E-state index in [-0.39, 0.29) is 5.69 Å². The van der Waals surface area contributed by atoms with Crippen LogP contribution in [0.4, 0.5) is 20.3 Å². The third-order valence-corrected chi connectivity index (χ3v) is 2.97. The zero-order chi connectivity index (χ0) is 14.7. The second-order valence-corrected chi connectivity index (χ2v) is 4.40. The Kier molecular flexibility index (Phi) is 3.55. The predicted octanol–water partition coefficient (Wildman–Crippen LogP) is 4.17. The van der Waals surface area contributed by atoms with E-state index < -0.39 is 11.6 Å². The molecular formula is C16H11F2N3. The number of nitrogens with zero attached hydrogens (tertiary/aromatic N) is 2. The summed E-state index contributed by atoms with van der Waals surface area (Å²) in [7, 11) is 0. The van der Waals surface area contributed by atoms with Crippen LogP contribution in [-0.2, 0) is 0 Å². The molecule has 21 heavy (non-hydrogen) atoms. The normalized spacial score (nSPS) is 10.4. The Morgan fingerprint density at radius 2 is 1.57 bits per heavy atom. The average Bonchev–Trinajstić information content (AvgIpc) is 2.53. The molecule has 0 spiro atoms. The van der Waals surface area contributed by atoms with E-state index in [0.717, 1.165) is 11.1 Å². The number of hydrogen-bond acceptors (Lipinski definition) is 3. The van der Waals surface area contributed by atoms with E-state index in [2.05, 4.69) is 15.3 Å². The Morgan fingerprint density at radius 1 is 0.810 bits per heavy atom. The fourth-order valence-corrected chi connectivity index (χ4v) is 1.92. The summed E-state index contributed by atoms with van der Waals surface area (Å²) >= 11 is 0. The van der Waals surface area contributed by atoms with Crippen LogP contribution in [0.15, 0.2) is 61.1 Å². The Hall–Kier alpha value is -2.82. The molecule has 0 fully saturated rings. The van der Waals surface area contributed by atoms with Crippen LogP contribution in [0.2, 0.25) is 0 Å². The first-order chi connectivity index (χ1) is 10.2. The highest BCUT2D eigenvalue weighted by atomic mass is 19.1. The number of aromatic nitrogens is 2. The highest BCUT2D eigenvalue weighted by Crippen LogP contribution is 2.23. The predicted molar refractivity (Wildman–Crippen MR) is 77.1 cm³/mol. The van der Waals surface area contributed by atoms with E-state index in [1.807, 2.05) is 18.2 Å². The molecule has 0 saturated heterocycles. The molecule has 0 aliphatic rings. The molecule has 1 N–H and O–H groups in total. The second kappa shape index (κ2) is 5.66. The van der Waals surface area contributed by atoms with Gasteiger partial charge in [0, 0.05) is 29.7 Å². The molecule has 1 aromatic carbocycles. The summed E-state index contributed by atoms with van der Waals surface area (Å²) in [4.78, 5) is 8.19. The summed E-state index contributed by atoms with van der Waals surface area (Å²) < 4.78 is 27.1. The first-order valence-electron chi connectivity index (χ1n) is 6.31. The Balaban J connectivity index is 1.85. The molecule has 0 aliphatic heterocycles. The zero-order valence-electron chi connectivity index (χ0n) is 10.9. The van der Waals surface area contributed by atoms with Crippen LogP contribution in [0, 0.1) is 11.6 Å². The van der Waals surface area contributed by atoms with Crippen LogP contribution in [0.3, 0.4) is 0 Å². The molecule has 104 valence electrons. The fraction of sp³-hybridized carbons (Fsp3) is 0. The van der Waals surface area contributed by atoms with E-state index in [0.29, 0.717) is 5.82 Å². The van der Waals surface area contributed by atoms with Crippen LogP contribution in [0.1, 0.15) is 0 Å². The molecule has 0 bridgehead atoms. The van der Waals surface area contributed by atoms with Crippen molar-refractivity contribution in [3.05, 3.63) is 72.7 Å². The lowest BCUT2D eigenvalue weighted by atomic mass is 10.1. The van der Waals surface area contributed by atoms with Gasteiger partial charge in [0.05, 0.1) is 0 Å². The van der Waals surface area contributed by atoms with Crippen molar-refractivity contribution in [2.45, 2.75) is 0 Å². The molecule has 0 amide bonds. The van der Waals surface area contributed by atoms with E-state index in [9.17, 15) is 8.78 Å². The summed E-state index contributed by atoms with van der Waals surface area (Å²) in [6.45, 7) is 0. The van der Waals surface area contributed by atoms with Gasteiger partial charge in [0.25, 0.3) is 0 Å². The Morgan fingerprint density at radius 3 is 2.19 bits per heavy atom. The number of hydrogen-bond donors (Lipinski definition) is 1. The molecule has 3 aromatic rings. The van der Waals surface area contributed by atoms with Crippen LogP contribution < -0.4 is 5.32 Å². The molecule has 5 heteroatoms. The van der Waals surface area contributed by atoms with Gasteiger partial charge < -0.3 is 5.32 Å². The maximum atomic E-state index is 13.5. The summed E-state index contributed by atoms with van der Waals surface area (Å²) in [6.07, 6.45) is 5.03. The minimum Gasteiger partial charge on any atom is -0.335 e. The number of pyridine rings is 2. The summed E-state index contributed by atoms with van der Waals surface area (Å²) in [5.74, 6) is -0.951. The van der Waals surface area contributed by atoms with Crippen molar-refractivity contribution in [2.24, 2.45) is 0 Å². The first kappa shape index (κ1) is 13.2. The van der Waals surface area contributed by atoms with Crippen molar-refractivity contribution in [3.63, 3.8) is 0 Å². The van der Waals surface area contributed by atoms with Crippen LogP contribution in [0.5, 0.6) is 0 Å². The van der Waals surface area contributed by atoms with Crippen molar-refractivity contribution in [3.8, 4) is 11.1 Å². The maximum absolute atomic E-state index is 13.5. The van der Waals surface area contributed by atoms with E-state index in [1.165, 1.54) is 18.2 Å². The van der Waals surface area contributed by atoms with Gasteiger partial charge in [-0.15, -0.1) is 0 Å². The highest BCUT2D eigenvalue weighted by Gasteiger charge is 2.09. The molecule has 0 aliphatic carbocycles. The smallest absolute Gasteiger partial charge is 0.149 e. The quantitative estimate of drug-likeness (QED) is 0.784. The minimum absolute atomic E-state index is 0.209. The summed E-state index contributed by atoms with van der Waals surface area (Å²) in [5, 5.41) is 2.64. The van der Waals surface area contributed by atoms with E-state index >= 15 is 0 Å². The van der Waals surface area contributed by atoms with Gasteiger partial charge in [-0.25, -0.2) is 13.8 Å². The largest absolute Gasteiger partial charge is 0.335 e. The second-order valence-electron chi connectivity index (χ2n) is 4.40. The van der Waals surface area contributed by atoms with Gasteiger partial charge >= 0.3 is 0 Å². The van der Waals surface area contributed by atoms with Gasteiger partial charge in [0.15, 0.2) is 0 Å². The van der Waals surface area contributed by atoms with Crippen molar-refractivity contribution < 1.29 is 8.78 Å². The molecule has 3 rings (SSSR count). The Bertz CT molecular complexity index is 723. The lowest BCUT2D eigenvalue weighted by molar-refractivity contribution is 0.590. The van der Waals surface area contributed by atoms with Crippen molar-refractivity contribution in [1.29, 1.82) is 0 Å². The Labute approximate surface area is 120 Å². The molecule has 0 saturated carbocycles. The average molecular weight is 283 g/mol. The van der Waals surface area contributed by atoms with Gasteiger partial charge in [-0.1, -0.05) is 12.1 Å². The van der Waals surface area contributed by atoms with Crippen LogP contribution in [-0.4, -0.2) is 9.97 Å². The zero-order valence-corrected chi connectivity index (χ0v) is 10.9. The SMILES string of the molecule is Fc1cccc(F)c1Nc1ccc(-c2cccnc2)cn1. The van der Waals surface area contributed by atoms with Gasteiger partial charge in [0.2, 0.25) is 0 Å². The number of benzene rings is 1. The third kappa shape index (κ3) is 2.86. The fourth-order valence-electron chi connectivity index (χ4n) is 1.92. The van der Waals surface area contributed by atoms with Gasteiger partial charge in [-0.2, -0.15) is 0 Å². The monoisotopic (exact) mass is 283 g/mol. The number of para-hydroxylation sites is 1. The number of anilines is 2. The van der Waals surface area contributed by atoms with Gasteiger partial charge in [0.1, 0.15) is 23.1 Å². The number of rotatable bonds is 3. The lowest BCUT2D eigenvalue weighted by Crippen LogP contribution is -1.99. The topological polar surface area (TPSA) is 37.8 Å². The van der Waals surface area contributed by atoms with E-state index in [4.69, 9.17) is 0 Å². The van der Waals surface area contributed by atoms with Gasteiger partial charge in [-0.05, 0) is 30.3 Å². The molecule has 3 nitrogen and oxygen atoms in total. The summed E-state index contributed by atoms with van der Waals surface area (Å²) in [5.41, 5.74) is 1.59. The number of halogens is 2. The highest BCUT2D eigenvalue weighted by molar-refractivity contribution is 5.64. The molecular weight excluding hydrogens is 272 g/mol. The molecule has 0 atom stereocenters. The molecule has 0 radical (unpaired) electrons. The van der Waals surface area contributed by atoms with E-state index in [1.54, 1.807) is 24.7 Å². The van der Waals surface area contributed by atoms with Crippen molar-refractivity contribution >= 4 is 11.5 Å². The van der Waals surface area contributed by atoms with Crippen molar-refractivity contribution in [1.82, 2.24) is 9.97 Å². The van der Waals surface area contributed by atoms with Crippen molar-refractivity contribution in [2.75, 3.05) is 5.32 Å². The first-order valence-corrected chi connectivity index (χ1v) is 6.31.